The van der Waals surface area contributed by atoms with Crippen LogP contribution < -0.4 is 21.1 Å². The molecule has 0 bridgehead atoms. The summed E-state index contributed by atoms with van der Waals surface area (Å²) in [6.07, 6.45) is 4.65. The van der Waals surface area contributed by atoms with Crippen molar-refractivity contribution in [1.29, 1.82) is 0 Å². The Morgan fingerprint density at radius 1 is 1.23 bits per heavy atom. The van der Waals surface area contributed by atoms with E-state index in [1.807, 2.05) is 37.4 Å². The number of carbonyl (C=O) groups excluding carboxylic acids is 1. The monoisotopic (exact) mass is 428 g/mol. The lowest BCUT2D eigenvalue weighted by molar-refractivity contribution is 0.0945. The summed E-state index contributed by atoms with van der Waals surface area (Å²) < 4.78 is 1.75. The van der Waals surface area contributed by atoms with Gasteiger partial charge in [0.15, 0.2) is 0 Å². The fourth-order valence-electron chi connectivity index (χ4n) is 4.52. The summed E-state index contributed by atoms with van der Waals surface area (Å²) >= 11 is 6.11. The van der Waals surface area contributed by atoms with Crippen LogP contribution in [0.25, 0.3) is 0 Å². The van der Waals surface area contributed by atoms with Gasteiger partial charge in [0.25, 0.3) is 11.5 Å². The van der Waals surface area contributed by atoms with E-state index in [0.29, 0.717) is 12.5 Å². The lowest BCUT2D eigenvalue weighted by Gasteiger charge is -2.25. The van der Waals surface area contributed by atoms with Crippen molar-refractivity contribution in [2.75, 3.05) is 37.6 Å². The molecule has 1 atom stereocenters. The number of rotatable bonds is 5. The van der Waals surface area contributed by atoms with Crippen LogP contribution in [0.5, 0.6) is 0 Å². The number of aromatic nitrogens is 1. The largest absolute Gasteiger partial charge is 0.371 e. The van der Waals surface area contributed by atoms with Crippen LogP contribution in [0.4, 0.5) is 5.69 Å². The Kier molecular flexibility index (Phi) is 6.44. The molecule has 2 aliphatic heterocycles. The van der Waals surface area contributed by atoms with Crippen molar-refractivity contribution >= 4 is 23.2 Å². The number of benzene rings is 1. The summed E-state index contributed by atoms with van der Waals surface area (Å²) in [5.41, 5.74) is 1.95. The molecular formula is C23H29ClN4O2. The van der Waals surface area contributed by atoms with Gasteiger partial charge >= 0.3 is 0 Å². The number of pyridine rings is 1. The van der Waals surface area contributed by atoms with Crippen LogP contribution in [0.1, 0.15) is 41.2 Å². The summed E-state index contributed by atoms with van der Waals surface area (Å²) in [5.74, 6) is 0.0885. The van der Waals surface area contributed by atoms with Crippen LogP contribution in [-0.2, 0) is 0 Å². The Bertz CT molecular complexity index is 968. The number of nitrogens with zero attached hydrogens (tertiary/aromatic N) is 2. The SMILES string of the molecule is Cc1ccn(C2CCNCC2)c(=O)c1C(=O)NCC1CCN(c2cccc(Cl)c2)C1. The average molecular weight is 429 g/mol. The number of nitrogens with one attached hydrogen (secondary N) is 2. The van der Waals surface area contributed by atoms with E-state index in [1.54, 1.807) is 4.57 Å². The van der Waals surface area contributed by atoms with E-state index in [2.05, 4.69) is 21.6 Å². The molecule has 6 nitrogen and oxygen atoms in total. The number of amides is 1. The number of anilines is 1. The molecular weight excluding hydrogens is 400 g/mol. The van der Waals surface area contributed by atoms with E-state index < -0.39 is 0 Å². The molecule has 160 valence electrons. The van der Waals surface area contributed by atoms with Crippen molar-refractivity contribution < 1.29 is 4.79 Å². The van der Waals surface area contributed by atoms with Gasteiger partial charge in [0, 0.05) is 42.6 Å². The van der Waals surface area contributed by atoms with Crippen LogP contribution in [0, 0.1) is 12.8 Å². The quantitative estimate of drug-likeness (QED) is 0.768. The highest BCUT2D eigenvalue weighted by molar-refractivity contribution is 6.30. The molecule has 2 fully saturated rings. The fourth-order valence-corrected chi connectivity index (χ4v) is 4.71. The molecule has 1 unspecified atom stereocenters. The normalized spacial score (nSPS) is 19.8. The van der Waals surface area contributed by atoms with Gasteiger partial charge in [-0.1, -0.05) is 17.7 Å². The van der Waals surface area contributed by atoms with Gasteiger partial charge in [-0.05, 0) is 75.0 Å². The van der Waals surface area contributed by atoms with Gasteiger partial charge in [0.05, 0.1) is 0 Å². The number of aryl methyl sites for hydroxylation is 1. The van der Waals surface area contributed by atoms with E-state index >= 15 is 0 Å². The maximum atomic E-state index is 13.1. The second kappa shape index (κ2) is 9.23. The Morgan fingerprint density at radius 2 is 2.03 bits per heavy atom. The molecule has 0 radical (unpaired) electrons. The number of hydrogen-bond donors (Lipinski definition) is 2. The number of hydrogen-bond acceptors (Lipinski definition) is 4. The molecule has 1 amide bonds. The summed E-state index contributed by atoms with van der Waals surface area (Å²) in [4.78, 5) is 28.3. The molecule has 0 spiro atoms. The second-order valence-electron chi connectivity index (χ2n) is 8.36. The highest BCUT2D eigenvalue weighted by Gasteiger charge is 2.25. The molecule has 30 heavy (non-hydrogen) atoms. The lowest BCUT2D eigenvalue weighted by Crippen LogP contribution is -2.39. The third kappa shape index (κ3) is 4.55. The first-order valence-electron chi connectivity index (χ1n) is 10.7. The van der Waals surface area contributed by atoms with Gasteiger partial charge in [-0.2, -0.15) is 0 Å². The predicted molar refractivity (Wildman–Crippen MR) is 121 cm³/mol. The third-order valence-corrected chi connectivity index (χ3v) is 6.50. The van der Waals surface area contributed by atoms with E-state index in [0.717, 1.165) is 61.7 Å². The number of halogens is 1. The summed E-state index contributed by atoms with van der Waals surface area (Å²) in [5, 5.41) is 7.07. The van der Waals surface area contributed by atoms with Crippen LogP contribution >= 0.6 is 11.6 Å². The average Bonchev–Trinajstić information content (AvgIpc) is 3.22. The van der Waals surface area contributed by atoms with Gasteiger partial charge in [-0.3, -0.25) is 9.59 Å². The van der Waals surface area contributed by atoms with Crippen molar-refractivity contribution in [2.45, 2.75) is 32.2 Å². The first-order valence-corrected chi connectivity index (χ1v) is 11.1. The summed E-state index contributed by atoms with van der Waals surface area (Å²) in [6, 6.07) is 9.90. The van der Waals surface area contributed by atoms with Gasteiger partial charge in [-0.15, -0.1) is 0 Å². The Morgan fingerprint density at radius 3 is 2.80 bits per heavy atom. The number of piperidine rings is 1. The standard InChI is InChI=1S/C23H29ClN4O2/c1-16-7-12-28(19-5-9-25-10-6-19)23(30)21(16)22(29)26-14-17-8-11-27(15-17)20-4-2-3-18(24)13-20/h2-4,7,12-13,17,19,25H,5-6,8-11,14-15H2,1H3,(H,26,29). The van der Waals surface area contributed by atoms with Crippen molar-refractivity contribution in [3.05, 3.63) is 63.0 Å². The minimum Gasteiger partial charge on any atom is -0.371 e. The van der Waals surface area contributed by atoms with Crippen LogP contribution in [-0.4, -0.2) is 43.2 Å². The van der Waals surface area contributed by atoms with E-state index in [1.165, 1.54) is 0 Å². The summed E-state index contributed by atoms with van der Waals surface area (Å²) in [7, 11) is 0. The van der Waals surface area contributed by atoms with E-state index in [9.17, 15) is 9.59 Å². The van der Waals surface area contributed by atoms with Gasteiger partial charge in [0.1, 0.15) is 5.56 Å². The molecule has 3 heterocycles. The molecule has 1 aromatic carbocycles. The Labute approximate surface area is 182 Å². The molecule has 0 saturated carbocycles. The lowest BCUT2D eigenvalue weighted by atomic mass is 10.0. The fraction of sp³-hybridized carbons (Fsp3) is 0.478. The molecule has 2 aromatic rings. The van der Waals surface area contributed by atoms with Crippen molar-refractivity contribution in [3.8, 4) is 0 Å². The highest BCUT2D eigenvalue weighted by atomic mass is 35.5. The number of carbonyl (C=O) groups is 1. The minimum absolute atomic E-state index is 0.159. The third-order valence-electron chi connectivity index (χ3n) is 6.27. The zero-order valence-electron chi connectivity index (χ0n) is 17.4. The topological polar surface area (TPSA) is 66.4 Å². The molecule has 2 saturated heterocycles. The maximum absolute atomic E-state index is 13.1. The zero-order chi connectivity index (χ0) is 21.1. The predicted octanol–water partition coefficient (Wildman–Crippen LogP) is 2.99. The van der Waals surface area contributed by atoms with E-state index in [-0.39, 0.29) is 23.1 Å². The van der Waals surface area contributed by atoms with E-state index in [4.69, 9.17) is 11.6 Å². The van der Waals surface area contributed by atoms with Gasteiger partial charge in [-0.25, -0.2) is 0 Å². The Balaban J connectivity index is 1.40. The second-order valence-corrected chi connectivity index (χ2v) is 8.79. The molecule has 7 heteroatoms. The first-order chi connectivity index (χ1) is 14.5. The minimum atomic E-state index is -0.262. The van der Waals surface area contributed by atoms with Crippen molar-refractivity contribution in [3.63, 3.8) is 0 Å². The maximum Gasteiger partial charge on any atom is 0.263 e. The highest BCUT2D eigenvalue weighted by Crippen LogP contribution is 2.26. The van der Waals surface area contributed by atoms with Crippen LogP contribution in [0.2, 0.25) is 5.02 Å². The zero-order valence-corrected chi connectivity index (χ0v) is 18.1. The summed E-state index contributed by atoms with van der Waals surface area (Å²) in [6.45, 7) is 6.01. The van der Waals surface area contributed by atoms with Crippen molar-refractivity contribution in [2.24, 2.45) is 5.92 Å². The molecule has 1 aromatic heterocycles. The smallest absolute Gasteiger partial charge is 0.263 e. The van der Waals surface area contributed by atoms with Crippen molar-refractivity contribution in [1.82, 2.24) is 15.2 Å². The molecule has 4 rings (SSSR count). The molecule has 2 aliphatic rings. The molecule has 0 aliphatic carbocycles. The Hall–Kier alpha value is -2.31. The van der Waals surface area contributed by atoms with Crippen LogP contribution in [0.3, 0.4) is 0 Å². The molecule has 2 N–H and O–H groups in total. The van der Waals surface area contributed by atoms with Crippen LogP contribution in [0.15, 0.2) is 41.3 Å². The van der Waals surface area contributed by atoms with Gasteiger partial charge < -0.3 is 20.1 Å². The van der Waals surface area contributed by atoms with Gasteiger partial charge in [0.2, 0.25) is 0 Å². The first kappa shape index (κ1) is 20.9.